The smallest absolute Gasteiger partial charge is 0.178 e. The summed E-state index contributed by atoms with van der Waals surface area (Å²) in [4.78, 5) is 10.9. The fourth-order valence-electron chi connectivity index (χ4n) is 3.65. The van der Waals surface area contributed by atoms with Crippen molar-refractivity contribution >= 4 is 28.3 Å². The van der Waals surface area contributed by atoms with Crippen molar-refractivity contribution in [2.75, 3.05) is 29.9 Å². The second kappa shape index (κ2) is 6.36. The number of nitrogens with zero attached hydrogens (tertiary/aromatic N) is 9. The minimum atomic E-state index is -0.110. The highest BCUT2D eigenvalue weighted by Crippen LogP contribution is 2.26. The Labute approximate surface area is 168 Å². The molecule has 5 rings (SSSR count). The summed E-state index contributed by atoms with van der Waals surface area (Å²) in [6.45, 7) is 9.10. The van der Waals surface area contributed by atoms with Gasteiger partial charge in [0.1, 0.15) is 18.0 Å². The van der Waals surface area contributed by atoms with Crippen LogP contribution in [0.15, 0.2) is 24.7 Å². The summed E-state index contributed by atoms with van der Waals surface area (Å²) in [6.07, 6.45) is 3.38. The van der Waals surface area contributed by atoms with Gasteiger partial charge in [-0.2, -0.15) is 9.61 Å². The van der Waals surface area contributed by atoms with Crippen LogP contribution in [0.5, 0.6) is 0 Å². The molecule has 0 amide bonds. The molecule has 150 valence electrons. The van der Waals surface area contributed by atoms with Gasteiger partial charge in [-0.1, -0.05) is 20.8 Å². The van der Waals surface area contributed by atoms with Crippen LogP contribution in [0.25, 0.3) is 16.7 Å². The number of anilines is 2. The highest BCUT2D eigenvalue weighted by atomic mass is 15.4. The Balaban J connectivity index is 1.26. The van der Waals surface area contributed by atoms with Crippen LogP contribution >= 0.6 is 0 Å². The lowest BCUT2D eigenvalue weighted by molar-refractivity contribution is 0.423. The van der Waals surface area contributed by atoms with Crippen LogP contribution in [-0.4, -0.2) is 59.2 Å². The average molecular weight is 392 g/mol. The number of aromatic nitrogens is 8. The Morgan fingerprint density at radius 2 is 1.97 bits per heavy atom. The normalized spacial score (nSPS) is 15.2. The van der Waals surface area contributed by atoms with Gasteiger partial charge in [-0.25, -0.2) is 9.97 Å². The predicted molar refractivity (Wildman–Crippen MR) is 110 cm³/mol. The van der Waals surface area contributed by atoms with Crippen LogP contribution in [0.1, 0.15) is 26.6 Å². The zero-order chi connectivity index (χ0) is 20.2. The molecule has 29 heavy (non-hydrogen) atoms. The number of rotatable bonds is 4. The molecule has 0 radical (unpaired) electrons. The van der Waals surface area contributed by atoms with Crippen LogP contribution in [-0.2, 0) is 12.5 Å². The monoisotopic (exact) mass is 392 g/mol. The summed E-state index contributed by atoms with van der Waals surface area (Å²) in [6, 6.07) is 4.00. The second-order valence-corrected chi connectivity index (χ2v) is 8.61. The predicted octanol–water partition coefficient (Wildman–Crippen LogP) is 1.65. The minimum Gasteiger partial charge on any atom is -0.369 e. The molecule has 1 aliphatic heterocycles. The van der Waals surface area contributed by atoms with Crippen molar-refractivity contribution in [1.29, 1.82) is 0 Å². The van der Waals surface area contributed by atoms with E-state index in [1.54, 1.807) is 17.2 Å². The molecule has 4 aromatic rings. The van der Waals surface area contributed by atoms with Crippen LogP contribution < -0.4 is 10.2 Å². The van der Waals surface area contributed by atoms with Crippen molar-refractivity contribution in [2.24, 2.45) is 13.0 Å². The number of fused-ring (bicyclic) bond motifs is 2. The Kier molecular flexibility index (Phi) is 3.90. The molecular weight excluding hydrogens is 368 g/mol. The van der Waals surface area contributed by atoms with E-state index in [-0.39, 0.29) is 5.41 Å². The van der Waals surface area contributed by atoms with E-state index >= 15 is 0 Å². The highest BCUT2D eigenvalue weighted by molar-refractivity contribution is 5.85. The summed E-state index contributed by atoms with van der Waals surface area (Å²) < 4.78 is 3.62. The lowest BCUT2D eigenvalue weighted by Gasteiger charge is -2.40. The van der Waals surface area contributed by atoms with Gasteiger partial charge in [-0.15, -0.1) is 15.3 Å². The van der Waals surface area contributed by atoms with Crippen LogP contribution in [0.4, 0.5) is 11.6 Å². The van der Waals surface area contributed by atoms with Gasteiger partial charge < -0.3 is 10.2 Å². The maximum atomic E-state index is 4.79. The molecule has 1 N–H and O–H groups in total. The van der Waals surface area contributed by atoms with Gasteiger partial charge in [0.05, 0.1) is 11.6 Å². The van der Waals surface area contributed by atoms with Crippen molar-refractivity contribution in [1.82, 2.24) is 39.6 Å². The molecule has 5 heterocycles. The zero-order valence-corrected chi connectivity index (χ0v) is 17.0. The Morgan fingerprint density at radius 1 is 1.14 bits per heavy atom. The molecule has 0 aliphatic carbocycles. The first kappa shape index (κ1) is 17.8. The molecule has 10 heteroatoms. The standard InChI is InChI=1S/C19H24N10/c1-19(2,3)18-25-24-14-5-6-15(26-29(14)18)28-9-12(10-28)7-20-16-13-8-23-27(4)17(13)22-11-21-16/h5-6,8,11-12H,7,9-10H2,1-4H3,(H,20,21,22). The summed E-state index contributed by atoms with van der Waals surface area (Å²) in [5.41, 5.74) is 1.50. The molecule has 0 unspecified atom stereocenters. The first-order valence-electron chi connectivity index (χ1n) is 9.74. The third kappa shape index (κ3) is 3.04. The highest BCUT2D eigenvalue weighted by Gasteiger charge is 2.29. The van der Waals surface area contributed by atoms with Gasteiger partial charge in [0.25, 0.3) is 0 Å². The van der Waals surface area contributed by atoms with Gasteiger partial charge in [-0.3, -0.25) is 4.68 Å². The van der Waals surface area contributed by atoms with E-state index in [9.17, 15) is 0 Å². The van der Waals surface area contributed by atoms with Gasteiger partial charge in [0.2, 0.25) is 0 Å². The molecule has 10 nitrogen and oxygen atoms in total. The minimum absolute atomic E-state index is 0.110. The summed E-state index contributed by atoms with van der Waals surface area (Å²) in [7, 11) is 1.88. The summed E-state index contributed by atoms with van der Waals surface area (Å²) in [5, 5.41) is 22.0. The largest absolute Gasteiger partial charge is 0.369 e. The lowest BCUT2D eigenvalue weighted by Crippen LogP contribution is -2.50. The molecule has 0 atom stereocenters. The third-order valence-corrected chi connectivity index (χ3v) is 5.29. The van der Waals surface area contributed by atoms with Gasteiger partial charge in [0, 0.05) is 38.0 Å². The van der Waals surface area contributed by atoms with E-state index in [1.165, 1.54) is 0 Å². The van der Waals surface area contributed by atoms with E-state index in [1.807, 2.05) is 23.7 Å². The van der Waals surface area contributed by atoms with Crippen molar-refractivity contribution in [3.63, 3.8) is 0 Å². The molecule has 0 bridgehead atoms. The summed E-state index contributed by atoms with van der Waals surface area (Å²) in [5.74, 6) is 3.19. The van der Waals surface area contributed by atoms with Crippen LogP contribution in [0.2, 0.25) is 0 Å². The van der Waals surface area contributed by atoms with Crippen molar-refractivity contribution < 1.29 is 0 Å². The molecule has 0 saturated carbocycles. The SMILES string of the molecule is Cn1ncc2c(NCC3CN(c4ccc5nnc(C(C)(C)C)n5n4)C3)ncnc21. The Morgan fingerprint density at radius 3 is 2.76 bits per heavy atom. The first-order valence-corrected chi connectivity index (χ1v) is 9.74. The first-order chi connectivity index (χ1) is 13.9. The molecular formula is C19H24N10. The quantitative estimate of drug-likeness (QED) is 0.559. The van der Waals surface area contributed by atoms with E-state index < -0.39 is 0 Å². The maximum Gasteiger partial charge on any atom is 0.178 e. The molecule has 1 aliphatic rings. The topological polar surface area (TPSA) is 102 Å². The zero-order valence-electron chi connectivity index (χ0n) is 17.0. The molecule has 0 spiro atoms. The second-order valence-electron chi connectivity index (χ2n) is 8.61. The van der Waals surface area contributed by atoms with E-state index in [4.69, 9.17) is 5.10 Å². The number of hydrogen-bond acceptors (Lipinski definition) is 8. The van der Waals surface area contributed by atoms with Crippen molar-refractivity contribution in [3.05, 3.63) is 30.5 Å². The maximum absolute atomic E-state index is 4.79. The fourth-order valence-corrected chi connectivity index (χ4v) is 3.65. The van der Waals surface area contributed by atoms with Crippen LogP contribution in [0.3, 0.4) is 0 Å². The Bertz CT molecular complexity index is 1180. The third-order valence-electron chi connectivity index (χ3n) is 5.29. The van der Waals surface area contributed by atoms with Crippen molar-refractivity contribution in [2.45, 2.75) is 26.2 Å². The van der Waals surface area contributed by atoms with E-state index in [2.05, 4.69) is 56.3 Å². The number of aryl methyl sites for hydroxylation is 1. The molecule has 1 saturated heterocycles. The number of hydrogen-bond donors (Lipinski definition) is 1. The van der Waals surface area contributed by atoms with Gasteiger partial charge in [0.15, 0.2) is 17.1 Å². The molecule has 4 aromatic heterocycles. The van der Waals surface area contributed by atoms with E-state index in [0.717, 1.165) is 53.8 Å². The van der Waals surface area contributed by atoms with Gasteiger partial charge in [-0.05, 0) is 12.1 Å². The number of nitrogens with one attached hydrogen (secondary N) is 1. The average Bonchev–Trinajstić information content (AvgIpc) is 3.24. The molecule has 1 fully saturated rings. The van der Waals surface area contributed by atoms with Crippen molar-refractivity contribution in [3.8, 4) is 0 Å². The Hall–Kier alpha value is -3.30. The van der Waals surface area contributed by atoms with Gasteiger partial charge >= 0.3 is 0 Å². The summed E-state index contributed by atoms with van der Waals surface area (Å²) >= 11 is 0. The van der Waals surface area contributed by atoms with E-state index in [0.29, 0.717) is 5.92 Å². The fraction of sp³-hybridized carbons (Fsp3) is 0.474. The van der Waals surface area contributed by atoms with Crippen LogP contribution in [0, 0.1) is 5.92 Å². The lowest BCUT2D eigenvalue weighted by atomic mass is 9.96. The molecule has 0 aromatic carbocycles.